The van der Waals surface area contributed by atoms with Crippen molar-refractivity contribution in [2.24, 2.45) is 0 Å². The molecule has 0 saturated carbocycles. The number of hydrogen-bond donors (Lipinski definition) is 5. The minimum absolute atomic E-state index is 0.245. The van der Waals surface area contributed by atoms with Crippen LogP contribution >= 0.6 is 7.60 Å². The second kappa shape index (κ2) is 10.1. The van der Waals surface area contributed by atoms with Crippen molar-refractivity contribution >= 4 is 18.6 Å². The van der Waals surface area contributed by atoms with Gasteiger partial charge in [0.2, 0.25) is 0 Å². The Morgan fingerprint density at radius 1 is 1.13 bits per heavy atom. The molecule has 2 aromatic carbocycles. The van der Waals surface area contributed by atoms with Crippen molar-refractivity contribution in [1.29, 1.82) is 0 Å². The van der Waals surface area contributed by atoms with E-state index in [4.69, 9.17) is 19.4 Å². The topological polar surface area (TPSA) is 148 Å². The lowest BCUT2D eigenvalue weighted by atomic mass is 10.1. The molecule has 1 aromatic heterocycles. The quantitative estimate of drug-likeness (QED) is 0.220. The van der Waals surface area contributed by atoms with Gasteiger partial charge in [0.1, 0.15) is 11.3 Å². The average molecular weight is 451 g/mol. The van der Waals surface area contributed by atoms with E-state index < -0.39 is 20.0 Å². The van der Waals surface area contributed by atoms with Gasteiger partial charge in [0.15, 0.2) is 12.1 Å². The second-order valence-corrected chi connectivity index (χ2v) is 8.76. The molecule has 0 aliphatic heterocycles. The number of hydroxylamine groups is 2. The average Bonchev–Trinajstić information content (AvgIpc) is 3.08. The number of ether oxygens (including phenoxy) is 1. The summed E-state index contributed by atoms with van der Waals surface area (Å²) < 4.78 is 15.9. The molecule has 31 heavy (non-hydrogen) atoms. The zero-order valence-corrected chi connectivity index (χ0v) is 17.9. The number of nitrogens with one attached hydrogen (secondary N) is 2. The third-order valence-corrected chi connectivity index (χ3v) is 4.89. The molecule has 0 radical (unpaired) electrons. The number of para-hydroxylation sites is 1. The van der Waals surface area contributed by atoms with Gasteiger partial charge in [0, 0.05) is 6.54 Å². The Kier molecular flexibility index (Phi) is 7.53. The number of fused-ring (bicyclic) bond motifs is 1. The predicted octanol–water partition coefficient (Wildman–Crippen LogP) is 1.98. The van der Waals surface area contributed by atoms with Gasteiger partial charge < -0.3 is 34.4 Å². The lowest BCUT2D eigenvalue weighted by Gasteiger charge is -2.25. The highest BCUT2D eigenvalue weighted by Gasteiger charge is 2.17. The smallest absolute Gasteiger partial charge is 0.362 e. The van der Waals surface area contributed by atoms with E-state index in [0.29, 0.717) is 35.5 Å². The summed E-state index contributed by atoms with van der Waals surface area (Å²) in [6.45, 7) is 2.82. The van der Waals surface area contributed by atoms with Gasteiger partial charge in [-0.2, -0.15) is 0 Å². The van der Waals surface area contributed by atoms with Crippen molar-refractivity contribution < 1.29 is 29.0 Å². The molecule has 3 aromatic rings. The van der Waals surface area contributed by atoms with Crippen LogP contribution < -0.4 is 15.3 Å². The number of aliphatic hydroxyl groups excluding tert-OH is 1. The Morgan fingerprint density at radius 3 is 2.55 bits per heavy atom. The molecule has 168 valence electrons. The molecule has 5 N–H and O–H groups in total. The second-order valence-electron chi connectivity index (χ2n) is 7.18. The lowest BCUT2D eigenvalue weighted by Crippen LogP contribution is -2.36. The van der Waals surface area contributed by atoms with Crippen molar-refractivity contribution in [2.75, 3.05) is 19.4 Å². The Hall–Kier alpha value is -2.62. The molecular weight excluding hydrogens is 425 g/mol. The molecule has 11 heteroatoms. The van der Waals surface area contributed by atoms with E-state index in [1.165, 1.54) is 0 Å². The summed E-state index contributed by atoms with van der Waals surface area (Å²) >= 11 is 0. The van der Waals surface area contributed by atoms with Gasteiger partial charge in [0.25, 0.3) is 0 Å². The highest BCUT2D eigenvalue weighted by Crippen LogP contribution is 2.34. The molecule has 0 fully saturated rings. The number of aliphatic hydroxyl groups is 1. The molecular formula is C20H26N3O7P. The largest absolute Gasteiger partial charge is 0.481 e. The minimum Gasteiger partial charge on any atom is -0.481 e. The number of nitrogens with zero attached hydrogens (tertiary/aromatic N) is 1. The van der Waals surface area contributed by atoms with Crippen molar-refractivity contribution in [3.8, 4) is 11.5 Å². The SMILES string of the molecule is CCCN(CC(O)Cc1ccc(OCP(=O)(O)O)cc1)Oc1cccc2[nH]c(=O)[nH]c12. The van der Waals surface area contributed by atoms with Gasteiger partial charge >= 0.3 is 13.3 Å². The van der Waals surface area contributed by atoms with Gasteiger partial charge in [-0.05, 0) is 42.7 Å². The van der Waals surface area contributed by atoms with Crippen molar-refractivity contribution in [3.05, 3.63) is 58.5 Å². The third kappa shape index (κ3) is 6.95. The molecule has 1 unspecified atom stereocenters. The molecule has 0 saturated heterocycles. The Balaban J connectivity index is 1.60. The number of aromatic nitrogens is 2. The van der Waals surface area contributed by atoms with Crippen LogP contribution in [-0.4, -0.2) is 55.5 Å². The highest BCUT2D eigenvalue weighted by atomic mass is 31.2. The molecule has 0 amide bonds. The van der Waals surface area contributed by atoms with Crippen molar-refractivity contribution in [2.45, 2.75) is 25.9 Å². The van der Waals surface area contributed by atoms with Crippen LogP contribution in [0.5, 0.6) is 11.5 Å². The van der Waals surface area contributed by atoms with E-state index in [9.17, 15) is 14.5 Å². The first kappa shape index (κ1) is 23.1. The Morgan fingerprint density at radius 2 is 1.87 bits per heavy atom. The number of benzene rings is 2. The zero-order chi connectivity index (χ0) is 22.4. The summed E-state index contributed by atoms with van der Waals surface area (Å²) in [6.07, 6.45) is -0.249. The van der Waals surface area contributed by atoms with Crippen LogP contribution in [0.25, 0.3) is 11.0 Å². The summed E-state index contributed by atoms with van der Waals surface area (Å²) in [5, 5.41) is 12.2. The van der Waals surface area contributed by atoms with Gasteiger partial charge in [0.05, 0.1) is 18.2 Å². The standard InChI is InChI=1S/C20H26N3O7P/c1-2-10-23(30-18-5-3-4-17-19(18)22-20(25)21-17)12-15(24)11-14-6-8-16(9-7-14)29-13-31(26,27)28/h3-9,15,24H,2,10-13H2,1H3,(H2,21,22,25)(H2,26,27,28). The molecule has 0 aliphatic rings. The maximum Gasteiger partial charge on any atom is 0.362 e. The van der Waals surface area contributed by atoms with Crippen LogP contribution in [0.2, 0.25) is 0 Å². The highest BCUT2D eigenvalue weighted by molar-refractivity contribution is 7.51. The summed E-state index contributed by atoms with van der Waals surface area (Å²) in [6, 6.07) is 12.0. The van der Waals surface area contributed by atoms with E-state index in [0.717, 1.165) is 12.0 Å². The first-order chi connectivity index (χ1) is 14.7. The fourth-order valence-electron chi connectivity index (χ4n) is 3.12. The monoisotopic (exact) mass is 451 g/mol. The molecule has 0 bridgehead atoms. The van der Waals surface area contributed by atoms with Crippen molar-refractivity contribution in [3.63, 3.8) is 0 Å². The van der Waals surface area contributed by atoms with Gasteiger partial charge in [-0.15, -0.1) is 5.06 Å². The number of hydrogen-bond acceptors (Lipinski definition) is 6. The summed E-state index contributed by atoms with van der Waals surface area (Å²) in [4.78, 5) is 40.7. The van der Waals surface area contributed by atoms with Crippen LogP contribution in [0.1, 0.15) is 18.9 Å². The maximum absolute atomic E-state index is 11.6. The number of imidazole rings is 1. The number of H-pyrrole nitrogens is 2. The number of aromatic amines is 2. The maximum atomic E-state index is 11.6. The summed E-state index contributed by atoms with van der Waals surface area (Å²) in [7, 11) is -4.23. The van der Waals surface area contributed by atoms with E-state index in [1.807, 2.05) is 6.92 Å². The first-order valence-corrected chi connectivity index (χ1v) is 11.6. The predicted molar refractivity (Wildman–Crippen MR) is 115 cm³/mol. The fraction of sp³-hybridized carbons (Fsp3) is 0.350. The normalized spacial score (nSPS) is 12.9. The minimum atomic E-state index is -4.23. The summed E-state index contributed by atoms with van der Waals surface area (Å²) in [5.74, 6) is 0.828. The van der Waals surface area contributed by atoms with Crippen molar-refractivity contribution in [1.82, 2.24) is 15.0 Å². The zero-order valence-electron chi connectivity index (χ0n) is 17.0. The Bertz CT molecular complexity index is 1090. The van der Waals surface area contributed by atoms with Crippen LogP contribution in [-0.2, 0) is 11.0 Å². The lowest BCUT2D eigenvalue weighted by molar-refractivity contribution is -0.0828. The van der Waals surface area contributed by atoms with Crippen LogP contribution in [0.4, 0.5) is 0 Å². The van der Waals surface area contributed by atoms with Crippen LogP contribution in [0, 0.1) is 0 Å². The van der Waals surface area contributed by atoms with E-state index >= 15 is 0 Å². The van der Waals surface area contributed by atoms with Gasteiger partial charge in [-0.3, -0.25) is 4.57 Å². The van der Waals surface area contributed by atoms with Gasteiger partial charge in [-0.1, -0.05) is 25.1 Å². The van der Waals surface area contributed by atoms with Crippen LogP contribution in [0.3, 0.4) is 0 Å². The Labute approximate surface area is 178 Å². The van der Waals surface area contributed by atoms with E-state index in [1.54, 1.807) is 47.5 Å². The molecule has 1 heterocycles. The molecule has 0 spiro atoms. The summed E-state index contributed by atoms with van der Waals surface area (Å²) in [5.41, 5.74) is 1.72. The van der Waals surface area contributed by atoms with Crippen LogP contribution in [0.15, 0.2) is 47.3 Å². The third-order valence-electron chi connectivity index (χ3n) is 4.42. The first-order valence-electron chi connectivity index (χ1n) is 9.82. The van der Waals surface area contributed by atoms with E-state index in [2.05, 4.69) is 9.97 Å². The molecule has 1 atom stereocenters. The van der Waals surface area contributed by atoms with E-state index in [-0.39, 0.29) is 12.2 Å². The molecule has 10 nitrogen and oxygen atoms in total. The number of rotatable bonds is 11. The fourth-order valence-corrected chi connectivity index (χ4v) is 3.44. The molecule has 0 aliphatic carbocycles. The molecule has 3 rings (SSSR count). The van der Waals surface area contributed by atoms with Gasteiger partial charge in [-0.25, -0.2) is 4.79 Å².